The monoisotopic (exact) mass is 391 g/mol. The van der Waals surface area contributed by atoms with Crippen molar-refractivity contribution in [1.82, 2.24) is 15.5 Å². The summed E-state index contributed by atoms with van der Waals surface area (Å²) in [7, 11) is 0. The second-order valence-electron chi connectivity index (χ2n) is 7.81. The highest BCUT2D eigenvalue weighted by molar-refractivity contribution is 6.22. The SMILES string of the molecule is CC1CCCCN1Cc1ccccc1CNC(=O)c1ccc2c(c1)C(=O)NC2=O. The molecule has 0 bridgehead atoms. The number of carbonyl (C=O) groups is 3. The van der Waals surface area contributed by atoms with E-state index in [9.17, 15) is 14.4 Å². The Labute approximate surface area is 170 Å². The van der Waals surface area contributed by atoms with E-state index in [1.807, 2.05) is 18.2 Å². The van der Waals surface area contributed by atoms with Gasteiger partial charge in [-0.15, -0.1) is 0 Å². The van der Waals surface area contributed by atoms with Gasteiger partial charge in [-0.3, -0.25) is 24.6 Å². The molecular formula is C23H25N3O3. The minimum Gasteiger partial charge on any atom is -0.348 e. The molecular weight excluding hydrogens is 366 g/mol. The Morgan fingerprint density at radius 2 is 1.83 bits per heavy atom. The second kappa shape index (κ2) is 8.17. The van der Waals surface area contributed by atoms with Gasteiger partial charge in [0.1, 0.15) is 0 Å². The van der Waals surface area contributed by atoms with Gasteiger partial charge >= 0.3 is 0 Å². The van der Waals surface area contributed by atoms with Gasteiger partial charge in [-0.1, -0.05) is 30.7 Å². The minimum atomic E-state index is -0.458. The summed E-state index contributed by atoms with van der Waals surface area (Å²) in [6.07, 6.45) is 3.75. The van der Waals surface area contributed by atoms with Crippen LogP contribution in [-0.4, -0.2) is 35.2 Å². The summed E-state index contributed by atoms with van der Waals surface area (Å²) in [5, 5.41) is 5.19. The van der Waals surface area contributed by atoms with Crippen LogP contribution in [0.3, 0.4) is 0 Å². The van der Waals surface area contributed by atoms with Crippen molar-refractivity contribution in [3.8, 4) is 0 Å². The molecule has 150 valence electrons. The van der Waals surface area contributed by atoms with Gasteiger partial charge in [0.15, 0.2) is 0 Å². The van der Waals surface area contributed by atoms with Gasteiger partial charge in [0, 0.05) is 24.7 Å². The number of benzene rings is 2. The molecule has 0 aliphatic carbocycles. The molecule has 2 aliphatic heterocycles. The number of rotatable bonds is 5. The van der Waals surface area contributed by atoms with Crippen LogP contribution in [-0.2, 0) is 13.1 Å². The van der Waals surface area contributed by atoms with E-state index < -0.39 is 11.8 Å². The van der Waals surface area contributed by atoms with E-state index in [0.717, 1.165) is 18.7 Å². The Morgan fingerprint density at radius 1 is 1.07 bits per heavy atom. The first-order chi connectivity index (χ1) is 14.0. The highest BCUT2D eigenvalue weighted by Gasteiger charge is 2.27. The maximum atomic E-state index is 12.6. The van der Waals surface area contributed by atoms with Crippen LogP contribution >= 0.6 is 0 Å². The van der Waals surface area contributed by atoms with E-state index in [4.69, 9.17) is 0 Å². The molecule has 4 rings (SSSR count). The number of nitrogens with one attached hydrogen (secondary N) is 2. The topological polar surface area (TPSA) is 78.5 Å². The van der Waals surface area contributed by atoms with Gasteiger partial charge in [-0.25, -0.2) is 0 Å². The number of hydrogen-bond acceptors (Lipinski definition) is 4. The van der Waals surface area contributed by atoms with E-state index in [2.05, 4.69) is 28.5 Å². The number of piperidine rings is 1. The van der Waals surface area contributed by atoms with Crippen LogP contribution in [0.2, 0.25) is 0 Å². The number of amides is 3. The smallest absolute Gasteiger partial charge is 0.258 e. The zero-order valence-corrected chi connectivity index (χ0v) is 16.5. The first kappa shape index (κ1) is 19.3. The average Bonchev–Trinajstić information content (AvgIpc) is 3.02. The number of carbonyl (C=O) groups excluding carboxylic acids is 3. The van der Waals surface area contributed by atoms with E-state index in [0.29, 0.717) is 23.7 Å². The lowest BCUT2D eigenvalue weighted by atomic mass is 10.0. The van der Waals surface area contributed by atoms with Gasteiger partial charge in [0.25, 0.3) is 17.7 Å². The molecule has 0 aromatic heterocycles. The quantitative estimate of drug-likeness (QED) is 0.769. The van der Waals surface area contributed by atoms with Crippen molar-refractivity contribution in [1.29, 1.82) is 0 Å². The summed E-state index contributed by atoms with van der Waals surface area (Å²) in [4.78, 5) is 38.6. The fourth-order valence-electron chi connectivity index (χ4n) is 4.08. The highest BCUT2D eigenvalue weighted by atomic mass is 16.2. The van der Waals surface area contributed by atoms with Gasteiger partial charge < -0.3 is 5.32 Å². The van der Waals surface area contributed by atoms with E-state index >= 15 is 0 Å². The highest BCUT2D eigenvalue weighted by Crippen LogP contribution is 2.21. The normalized spacial score (nSPS) is 19.0. The Balaban J connectivity index is 1.44. The van der Waals surface area contributed by atoms with E-state index in [1.165, 1.54) is 37.0 Å². The standard InChI is InChI=1S/C23H25N3O3/c1-15-6-4-5-11-26(15)14-18-8-3-2-7-17(18)13-24-21(27)16-9-10-19-20(12-16)23(29)25-22(19)28/h2-3,7-10,12,15H,4-6,11,13-14H2,1H3,(H,24,27)(H,25,28,29). The fourth-order valence-corrected chi connectivity index (χ4v) is 4.08. The summed E-state index contributed by atoms with van der Waals surface area (Å²) in [5.74, 6) is -1.14. The number of fused-ring (bicyclic) bond motifs is 1. The lowest BCUT2D eigenvalue weighted by molar-refractivity contribution is 0.0878. The molecule has 0 saturated carbocycles. The predicted octanol–water partition coefficient (Wildman–Crippen LogP) is 2.87. The van der Waals surface area contributed by atoms with Gasteiger partial charge in [-0.05, 0) is 55.6 Å². The van der Waals surface area contributed by atoms with Crippen LogP contribution in [0.1, 0.15) is 68.4 Å². The largest absolute Gasteiger partial charge is 0.348 e. The molecule has 2 N–H and O–H groups in total. The van der Waals surface area contributed by atoms with E-state index in [1.54, 1.807) is 6.07 Å². The summed E-state index contributed by atoms with van der Waals surface area (Å²) in [6.45, 7) is 4.68. The third-order valence-corrected chi connectivity index (χ3v) is 5.87. The molecule has 29 heavy (non-hydrogen) atoms. The molecule has 2 aliphatic rings. The maximum absolute atomic E-state index is 12.6. The summed E-state index contributed by atoms with van der Waals surface area (Å²) in [5.41, 5.74) is 3.25. The average molecular weight is 391 g/mol. The lowest BCUT2D eigenvalue weighted by Crippen LogP contribution is -2.37. The van der Waals surface area contributed by atoms with Crippen molar-refractivity contribution < 1.29 is 14.4 Å². The summed E-state index contributed by atoms with van der Waals surface area (Å²) >= 11 is 0. The van der Waals surface area contributed by atoms with Crippen LogP contribution in [0.15, 0.2) is 42.5 Å². The van der Waals surface area contributed by atoms with Crippen molar-refractivity contribution >= 4 is 17.7 Å². The first-order valence-corrected chi connectivity index (χ1v) is 10.1. The summed E-state index contributed by atoms with van der Waals surface area (Å²) in [6, 6.07) is 13.3. The molecule has 6 heteroatoms. The van der Waals surface area contributed by atoms with Crippen molar-refractivity contribution in [2.45, 2.75) is 45.3 Å². The van der Waals surface area contributed by atoms with Crippen molar-refractivity contribution in [2.75, 3.05) is 6.54 Å². The molecule has 1 atom stereocenters. The predicted molar refractivity (Wildman–Crippen MR) is 110 cm³/mol. The first-order valence-electron chi connectivity index (χ1n) is 10.1. The van der Waals surface area contributed by atoms with Crippen LogP contribution < -0.4 is 10.6 Å². The molecule has 3 amide bonds. The Bertz CT molecular complexity index is 970. The number of likely N-dealkylation sites (tertiary alicyclic amines) is 1. The molecule has 1 unspecified atom stereocenters. The summed E-state index contributed by atoms with van der Waals surface area (Å²) < 4.78 is 0. The Morgan fingerprint density at radius 3 is 2.62 bits per heavy atom. The van der Waals surface area contributed by atoms with Crippen molar-refractivity contribution in [3.63, 3.8) is 0 Å². The van der Waals surface area contributed by atoms with Gasteiger partial charge in [0.05, 0.1) is 11.1 Å². The number of imide groups is 1. The molecule has 1 saturated heterocycles. The van der Waals surface area contributed by atoms with Gasteiger partial charge in [0.2, 0.25) is 0 Å². The molecule has 1 fully saturated rings. The third-order valence-electron chi connectivity index (χ3n) is 5.87. The molecule has 6 nitrogen and oxygen atoms in total. The molecule has 2 heterocycles. The third kappa shape index (κ3) is 4.07. The molecule has 0 spiro atoms. The molecule has 2 aromatic carbocycles. The molecule has 2 aromatic rings. The Kier molecular flexibility index (Phi) is 5.45. The minimum absolute atomic E-state index is 0.252. The van der Waals surface area contributed by atoms with Crippen LogP contribution in [0.4, 0.5) is 0 Å². The van der Waals surface area contributed by atoms with Crippen molar-refractivity contribution in [3.05, 3.63) is 70.3 Å². The Hall–Kier alpha value is -2.99. The number of nitrogens with zero attached hydrogens (tertiary/aromatic N) is 1. The van der Waals surface area contributed by atoms with E-state index in [-0.39, 0.29) is 11.5 Å². The zero-order chi connectivity index (χ0) is 20.4. The fraction of sp³-hybridized carbons (Fsp3) is 0.348. The van der Waals surface area contributed by atoms with Crippen LogP contribution in [0, 0.1) is 0 Å². The maximum Gasteiger partial charge on any atom is 0.258 e. The lowest BCUT2D eigenvalue weighted by Gasteiger charge is -2.33. The molecule has 0 radical (unpaired) electrons. The zero-order valence-electron chi connectivity index (χ0n) is 16.5. The van der Waals surface area contributed by atoms with Crippen molar-refractivity contribution in [2.24, 2.45) is 0 Å². The van der Waals surface area contributed by atoms with Crippen LogP contribution in [0.5, 0.6) is 0 Å². The number of hydrogen-bond donors (Lipinski definition) is 2. The van der Waals surface area contributed by atoms with Gasteiger partial charge in [-0.2, -0.15) is 0 Å². The van der Waals surface area contributed by atoms with Crippen LogP contribution in [0.25, 0.3) is 0 Å². The second-order valence-corrected chi connectivity index (χ2v) is 7.81.